The molecule has 0 unspecified atom stereocenters. The van der Waals surface area contributed by atoms with Gasteiger partial charge in [0.05, 0.1) is 12.7 Å². The molecule has 1 aliphatic rings. The molecule has 0 N–H and O–H groups in total. The second-order valence-corrected chi connectivity index (χ2v) is 5.33. The third-order valence-corrected chi connectivity index (χ3v) is 3.44. The Hall–Kier alpha value is -0.0800. The number of rotatable bonds is 10. The fourth-order valence-corrected chi connectivity index (χ4v) is 2.35. The van der Waals surface area contributed by atoms with Gasteiger partial charge in [-0.2, -0.15) is 0 Å². The van der Waals surface area contributed by atoms with Gasteiger partial charge in [0.25, 0.3) is 0 Å². The SMILES string of the molecule is CCCCCCCCCCC[C@@H]1OC[C@@H](C)O1. The van der Waals surface area contributed by atoms with E-state index in [0.29, 0.717) is 6.10 Å². The van der Waals surface area contributed by atoms with Gasteiger partial charge in [0, 0.05) is 0 Å². The van der Waals surface area contributed by atoms with Gasteiger partial charge < -0.3 is 9.47 Å². The van der Waals surface area contributed by atoms with Crippen molar-refractivity contribution in [2.24, 2.45) is 0 Å². The van der Waals surface area contributed by atoms with Crippen molar-refractivity contribution in [2.45, 2.75) is 90.4 Å². The third-order valence-electron chi connectivity index (χ3n) is 3.44. The van der Waals surface area contributed by atoms with E-state index in [1.165, 1.54) is 57.8 Å². The van der Waals surface area contributed by atoms with Crippen molar-refractivity contribution in [3.63, 3.8) is 0 Å². The van der Waals surface area contributed by atoms with E-state index in [1.807, 2.05) is 0 Å². The van der Waals surface area contributed by atoms with E-state index in [-0.39, 0.29) is 6.29 Å². The van der Waals surface area contributed by atoms with E-state index in [1.54, 1.807) is 0 Å². The number of hydrogen-bond acceptors (Lipinski definition) is 2. The lowest BCUT2D eigenvalue weighted by Gasteiger charge is -2.09. The van der Waals surface area contributed by atoms with Crippen molar-refractivity contribution in [2.75, 3.05) is 6.61 Å². The molecule has 2 nitrogen and oxygen atoms in total. The molecule has 102 valence electrons. The van der Waals surface area contributed by atoms with Crippen LogP contribution in [-0.4, -0.2) is 19.0 Å². The van der Waals surface area contributed by atoms with E-state index in [9.17, 15) is 0 Å². The molecule has 1 fully saturated rings. The zero-order valence-corrected chi connectivity index (χ0v) is 11.7. The Kier molecular flexibility index (Phi) is 8.72. The minimum Gasteiger partial charge on any atom is -0.350 e. The van der Waals surface area contributed by atoms with Crippen molar-refractivity contribution < 1.29 is 9.47 Å². The summed E-state index contributed by atoms with van der Waals surface area (Å²) < 4.78 is 11.1. The van der Waals surface area contributed by atoms with Gasteiger partial charge in [-0.25, -0.2) is 0 Å². The molecule has 2 heteroatoms. The van der Waals surface area contributed by atoms with Gasteiger partial charge in [0.15, 0.2) is 6.29 Å². The van der Waals surface area contributed by atoms with Gasteiger partial charge in [0.2, 0.25) is 0 Å². The average molecular weight is 242 g/mol. The highest BCUT2D eigenvalue weighted by atomic mass is 16.7. The van der Waals surface area contributed by atoms with Crippen molar-refractivity contribution in [3.05, 3.63) is 0 Å². The van der Waals surface area contributed by atoms with Crippen LogP contribution in [0.2, 0.25) is 0 Å². The Labute approximate surface area is 107 Å². The maximum atomic E-state index is 5.61. The molecule has 0 spiro atoms. The van der Waals surface area contributed by atoms with Crippen LogP contribution in [0, 0.1) is 0 Å². The van der Waals surface area contributed by atoms with E-state index in [2.05, 4.69) is 13.8 Å². The molecule has 0 bridgehead atoms. The van der Waals surface area contributed by atoms with Gasteiger partial charge in [-0.3, -0.25) is 0 Å². The minimum absolute atomic E-state index is 0.0922. The summed E-state index contributed by atoms with van der Waals surface area (Å²) in [5.74, 6) is 0. The molecule has 0 aliphatic carbocycles. The maximum absolute atomic E-state index is 5.61. The zero-order chi connectivity index (χ0) is 12.3. The lowest BCUT2D eigenvalue weighted by molar-refractivity contribution is -0.0604. The largest absolute Gasteiger partial charge is 0.350 e. The maximum Gasteiger partial charge on any atom is 0.158 e. The predicted octanol–water partition coefficient (Wildman–Crippen LogP) is 4.67. The molecule has 1 heterocycles. The molecule has 0 amide bonds. The summed E-state index contributed by atoms with van der Waals surface area (Å²) in [6.07, 6.45) is 13.9. The zero-order valence-electron chi connectivity index (χ0n) is 11.7. The molecule has 1 aliphatic heterocycles. The molecule has 0 aromatic heterocycles. The number of unbranched alkanes of at least 4 members (excludes halogenated alkanes) is 8. The van der Waals surface area contributed by atoms with Crippen molar-refractivity contribution >= 4 is 0 Å². The first-order valence-corrected chi connectivity index (χ1v) is 7.60. The lowest BCUT2D eigenvalue weighted by atomic mass is 10.1. The van der Waals surface area contributed by atoms with E-state index < -0.39 is 0 Å². The first kappa shape index (κ1) is 15.0. The molecule has 0 saturated carbocycles. The molecule has 2 atom stereocenters. The number of ether oxygens (including phenoxy) is 2. The highest BCUT2D eigenvalue weighted by Gasteiger charge is 2.21. The monoisotopic (exact) mass is 242 g/mol. The quantitative estimate of drug-likeness (QED) is 0.518. The fourth-order valence-electron chi connectivity index (χ4n) is 2.35. The van der Waals surface area contributed by atoms with Crippen LogP contribution < -0.4 is 0 Å². The third kappa shape index (κ3) is 7.77. The summed E-state index contributed by atoms with van der Waals surface area (Å²) in [6, 6.07) is 0. The molecule has 17 heavy (non-hydrogen) atoms. The van der Waals surface area contributed by atoms with Crippen LogP contribution in [0.5, 0.6) is 0 Å². The van der Waals surface area contributed by atoms with Gasteiger partial charge in [0.1, 0.15) is 0 Å². The van der Waals surface area contributed by atoms with Crippen molar-refractivity contribution in [1.29, 1.82) is 0 Å². The Balaban J connectivity index is 1.75. The Morgan fingerprint density at radius 1 is 0.882 bits per heavy atom. The lowest BCUT2D eigenvalue weighted by Crippen LogP contribution is -2.08. The Morgan fingerprint density at radius 3 is 2.00 bits per heavy atom. The summed E-state index contributed by atoms with van der Waals surface area (Å²) in [7, 11) is 0. The summed E-state index contributed by atoms with van der Waals surface area (Å²) in [4.78, 5) is 0. The molecule has 1 rings (SSSR count). The summed E-state index contributed by atoms with van der Waals surface area (Å²) in [5, 5.41) is 0. The smallest absolute Gasteiger partial charge is 0.158 e. The fraction of sp³-hybridized carbons (Fsp3) is 1.00. The van der Waals surface area contributed by atoms with Crippen LogP contribution in [0.15, 0.2) is 0 Å². The van der Waals surface area contributed by atoms with Crippen LogP contribution in [0.3, 0.4) is 0 Å². The van der Waals surface area contributed by atoms with Gasteiger partial charge in [-0.05, 0) is 19.8 Å². The standard InChI is InChI=1S/C15H30O2/c1-3-4-5-6-7-8-9-10-11-12-15-16-13-14(2)17-15/h14-15H,3-13H2,1-2H3/t14-,15-/m1/s1. The molecule has 0 radical (unpaired) electrons. The second-order valence-electron chi connectivity index (χ2n) is 5.33. The van der Waals surface area contributed by atoms with E-state index in [4.69, 9.17) is 9.47 Å². The topological polar surface area (TPSA) is 18.5 Å². The average Bonchev–Trinajstić information content (AvgIpc) is 2.73. The summed E-state index contributed by atoms with van der Waals surface area (Å²) >= 11 is 0. The van der Waals surface area contributed by atoms with Crippen LogP contribution >= 0.6 is 0 Å². The second kappa shape index (κ2) is 9.90. The molecule has 1 saturated heterocycles. The van der Waals surface area contributed by atoms with Crippen molar-refractivity contribution in [3.8, 4) is 0 Å². The van der Waals surface area contributed by atoms with E-state index in [0.717, 1.165) is 13.0 Å². The van der Waals surface area contributed by atoms with E-state index >= 15 is 0 Å². The van der Waals surface area contributed by atoms with Crippen LogP contribution in [0.25, 0.3) is 0 Å². The summed E-state index contributed by atoms with van der Waals surface area (Å²) in [6.45, 7) is 5.13. The van der Waals surface area contributed by atoms with Gasteiger partial charge in [-0.1, -0.05) is 58.3 Å². The predicted molar refractivity (Wildman–Crippen MR) is 72.1 cm³/mol. The first-order chi connectivity index (χ1) is 8.33. The normalized spacial score (nSPS) is 24.4. The molecular weight excluding hydrogens is 212 g/mol. The molecule has 0 aromatic carbocycles. The van der Waals surface area contributed by atoms with Gasteiger partial charge in [-0.15, -0.1) is 0 Å². The minimum atomic E-state index is 0.0922. The molecule has 0 aromatic rings. The Bertz CT molecular complexity index is 170. The van der Waals surface area contributed by atoms with Gasteiger partial charge >= 0.3 is 0 Å². The van der Waals surface area contributed by atoms with Crippen LogP contribution in [0.1, 0.15) is 78.1 Å². The first-order valence-electron chi connectivity index (χ1n) is 7.60. The highest BCUT2D eigenvalue weighted by Crippen LogP contribution is 2.17. The number of hydrogen-bond donors (Lipinski definition) is 0. The van der Waals surface area contributed by atoms with Crippen molar-refractivity contribution in [1.82, 2.24) is 0 Å². The molecular formula is C15H30O2. The Morgan fingerprint density at radius 2 is 1.47 bits per heavy atom. The van der Waals surface area contributed by atoms with Crippen LogP contribution in [0.4, 0.5) is 0 Å². The highest BCUT2D eigenvalue weighted by molar-refractivity contribution is 4.60. The van der Waals surface area contributed by atoms with Crippen LogP contribution in [-0.2, 0) is 9.47 Å². The summed E-state index contributed by atoms with van der Waals surface area (Å²) in [5.41, 5.74) is 0.